The lowest BCUT2D eigenvalue weighted by atomic mass is 10.00. The first kappa shape index (κ1) is 16.3. The average molecular weight is 338 g/mol. The summed E-state index contributed by atoms with van der Waals surface area (Å²) in [6, 6.07) is 2.86. The van der Waals surface area contributed by atoms with Crippen molar-refractivity contribution >= 4 is 0 Å². The van der Waals surface area contributed by atoms with Crippen molar-refractivity contribution in [1.82, 2.24) is 10.2 Å². The predicted molar refractivity (Wildman–Crippen MR) is 70.5 cm³/mol. The molecular formula is C14H15F5N2O2. The zero-order valence-corrected chi connectivity index (χ0v) is 12.0. The van der Waals surface area contributed by atoms with Crippen molar-refractivity contribution in [2.24, 2.45) is 0 Å². The van der Waals surface area contributed by atoms with Crippen LogP contribution in [0.5, 0.6) is 11.5 Å². The van der Waals surface area contributed by atoms with E-state index < -0.39 is 24.9 Å². The first-order chi connectivity index (χ1) is 10.7. The van der Waals surface area contributed by atoms with Gasteiger partial charge in [-0.1, -0.05) is 6.07 Å². The van der Waals surface area contributed by atoms with E-state index in [0.717, 1.165) is 0 Å². The molecule has 9 heteroatoms. The number of nitrogens with one attached hydrogen (secondary N) is 1. The van der Waals surface area contributed by atoms with Crippen LogP contribution in [0.3, 0.4) is 0 Å². The molecule has 0 radical (unpaired) electrons. The molecule has 1 atom stereocenters. The number of hydrogen-bond acceptors (Lipinski definition) is 4. The Bertz CT molecular complexity index is 573. The molecule has 2 heterocycles. The van der Waals surface area contributed by atoms with Crippen LogP contribution in [-0.4, -0.2) is 43.5 Å². The van der Waals surface area contributed by atoms with E-state index in [0.29, 0.717) is 26.2 Å². The lowest BCUT2D eigenvalue weighted by Gasteiger charge is -2.35. The Morgan fingerprint density at radius 3 is 2.43 bits per heavy atom. The summed E-state index contributed by atoms with van der Waals surface area (Å²) in [5.74, 6) is -0.417. The van der Waals surface area contributed by atoms with Gasteiger partial charge in [-0.15, -0.1) is 8.78 Å². The molecule has 0 aliphatic carbocycles. The molecule has 0 spiro atoms. The maximum atomic E-state index is 13.1. The van der Waals surface area contributed by atoms with E-state index in [1.54, 1.807) is 4.90 Å². The second-order valence-corrected chi connectivity index (χ2v) is 5.49. The number of benzene rings is 1. The van der Waals surface area contributed by atoms with E-state index in [4.69, 9.17) is 0 Å². The van der Waals surface area contributed by atoms with E-state index in [9.17, 15) is 22.0 Å². The number of alkyl halides is 5. The molecule has 0 bridgehead atoms. The van der Waals surface area contributed by atoms with E-state index in [-0.39, 0.29) is 17.1 Å². The maximum Gasteiger partial charge on any atom is 0.586 e. The van der Waals surface area contributed by atoms with Crippen LogP contribution in [-0.2, 0) is 0 Å². The Morgan fingerprint density at radius 2 is 1.78 bits per heavy atom. The van der Waals surface area contributed by atoms with Crippen molar-refractivity contribution < 1.29 is 31.4 Å². The summed E-state index contributed by atoms with van der Waals surface area (Å²) >= 11 is 0. The third kappa shape index (κ3) is 3.84. The number of fused-ring (bicyclic) bond motifs is 1. The van der Waals surface area contributed by atoms with Gasteiger partial charge in [-0.2, -0.15) is 13.2 Å². The van der Waals surface area contributed by atoms with Gasteiger partial charge in [-0.25, -0.2) is 0 Å². The minimum atomic E-state index is -4.37. The average Bonchev–Trinajstić information content (AvgIpc) is 2.77. The third-order valence-electron chi connectivity index (χ3n) is 3.83. The Morgan fingerprint density at radius 1 is 1.13 bits per heavy atom. The number of rotatable bonds is 3. The molecular weight excluding hydrogens is 323 g/mol. The molecule has 3 rings (SSSR count). The standard InChI is InChI=1S/C14H15F5N2O2/c15-13(16,17)8-10(21-5-3-20-4-6-21)9-1-2-11-12(7-9)23-14(18,19)22-11/h1-2,7,10,20H,3-6,8H2/t10-/m0/s1. The highest BCUT2D eigenvalue weighted by Crippen LogP contribution is 2.44. The van der Waals surface area contributed by atoms with Crippen LogP contribution < -0.4 is 14.8 Å². The monoisotopic (exact) mass is 338 g/mol. The van der Waals surface area contributed by atoms with E-state index in [1.165, 1.54) is 18.2 Å². The molecule has 0 amide bonds. The lowest BCUT2D eigenvalue weighted by molar-refractivity contribution is -0.286. The number of ether oxygens (including phenoxy) is 2. The molecule has 128 valence electrons. The van der Waals surface area contributed by atoms with Crippen LogP contribution in [0, 0.1) is 0 Å². The fourth-order valence-electron chi connectivity index (χ4n) is 2.84. The number of piperazine rings is 1. The quantitative estimate of drug-likeness (QED) is 0.860. The van der Waals surface area contributed by atoms with Crippen LogP contribution in [0.25, 0.3) is 0 Å². The first-order valence-corrected chi connectivity index (χ1v) is 7.15. The Balaban J connectivity index is 1.88. The molecule has 1 N–H and O–H groups in total. The van der Waals surface area contributed by atoms with Gasteiger partial charge in [0.1, 0.15) is 0 Å². The van der Waals surface area contributed by atoms with Crippen LogP contribution in [0.2, 0.25) is 0 Å². The number of halogens is 5. The second kappa shape index (κ2) is 5.79. The summed E-state index contributed by atoms with van der Waals surface area (Å²) < 4.78 is 73.5. The molecule has 1 aromatic carbocycles. The lowest BCUT2D eigenvalue weighted by Crippen LogP contribution is -2.46. The van der Waals surface area contributed by atoms with E-state index in [1.807, 2.05) is 0 Å². The highest BCUT2D eigenvalue weighted by Gasteiger charge is 2.44. The smallest absolute Gasteiger partial charge is 0.395 e. The molecule has 0 saturated carbocycles. The summed E-state index contributed by atoms with van der Waals surface area (Å²) in [5.41, 5.74) is 0.282. The van der Waals surface area contributed by atoms with Crippen molar-refractivity contribution in [2.45, 2.75) is 24.9 Å². The normalized spacial score (nSPS) is 22.1. The molecule has 2 aliphatic heterocycles. The molecule has 0 aromatic heterocycles. The summed E-state index contributed by atoms with van der Waals surface area (Å²) in [5, 5.41) is 3.07. The van der Waals surface area contributed by atoms with Crippen LogP contribution in [0.15, 0.2) is 18.2 Å². The van der Waals surface area contributed by atoms with Gasteiger partial charge in [0.05, 0.1) is 6.42 Å². The SMILES string of the molecule is FC(F)(F)C[C@@H](c1ccc2c(c1)OC(F)(F)O2)N1CCNCC1. The molecule has 1 aromatic rings. The summed E-state index contributed by atoms with van der Waals surface area (Å²) in [6.07, 6.45) is -9.20. The highest BCUT2D eigenvalue weighted by atomic mass is 19.4. The van der Waals surface area contributed by atoms with Crippen molar-refractivity contribution in [3.63, 3.8) is 0 Å². The van der Waals surface area contributed by atoms with Crippen molar-refractivity contribution in [3.8, 4) is 11.5 Å². The zero-order chi connectivity index (χ0) is 16.7. The zero-order valence-electron chi connectivity index (χ0n) is 12.0. The van der Waals surface area contributed by atoms with Gasteiger partial charge in [0.25, 0.3) is 0 Å². The summed E-state index contributed by atoms with van der Waals surface area (Å²) in [4.78, 5) is 1.69. The maximum absolute atomic E-state index is 13.1. The third-order valence-corrected chi connectivity index (χ3v) is 3.83. The molecule has 1 fully saturated rings. The molecule has 1 saturated heterocycles. The van der Waals surface area contributed by atoms with Crippen LogP contribution >= 0.6 is 0 Å². The van der Waals surface area contributed by atoms with Crippen molar-refractivity contribution in [1.29, 1.82) is 0 Å². The van der Waals surface area contributed by atoms with Gasteiger partial charge in [0, 0.05) is 32.2 Å². The summed E-state index contributed by atoms with van der Waals surface area (Å²) in [6.45, 7) is 2.06. The Kier molecular flexibility index (Phi) is 4.09. The van der Waals surface area contributed by atoms with Gasteiger partial charge in [-0.3, -0.25) is 4.90 Å². The number of hydrogen-bond donors (Lipinski definition) is 1. The van der Waals surface area contributed by atoms with Gasteiger partial charge < -0.3 is 14.8 Å². The largest absolute Gasteiger partial charge is 0.586 e. The molecule has 4 nitrogen and oxygen atoms in total. The molecule has 0 unspecified atom stereocenters. The highest BCUT2D eigenvalue weighted by molar-refractivity contribution is 5.46. The van der Waals surface area contributed by atoms with Crippen molar-refractivity contribution in [3.05, 3.63) is 23.8 Å². The number of nitrogens with zero attached hydrogens (tertiary/aromatic N) is 1. The van der Waals surface area contributed by atoms with Gasteiger partial charge in [0.15, 0.2) is 11.5 Å². The topological polar surface area (TPSA) is 33.7 Å². The fourth-order valence-corrected chi connectivity index (χ4v) is 2.84. The minimum absolute atomic E-state index is 0.176. The summed E-state index contributed by atoms with van der Waals surface area (Å²) in [7, 11) is 0. The fraction of sp³-hybridized carbons (Fsp3) is 0.571. The van der Waals surface area contributed by atoms with Crippen LogP contribution in [0.1, 0.15) is 18.0 Å². The first-order valence-electron chi connectivity index (χ1n) is 7.15. The van der Waals surface area contributed by atoms with Gasteiger partial charge >= 0.3 is 12.5 Å². The second-order valence-electron chi connectivity index (χ2n) is 5.49. The molecule has 2 aliphatic rings. The van der Waals surface area contributed by atoms with Crippen LogP contribution in [0.4, 0.5) is 22.0 Å². The van der Waals surface area contributed by atoms with E-state index in [2.05, 4.69) is 14.8 Å². The Labute approximate surface area is 129 Å². The Hall–Kier alpha value is -1.61. The minimum Gasteiger partial charge on any atom is -0.395 e. The predicted octanol–water partition coefficient (Wildman–Crippen LogP) is 2.91. The van der Waals surface area contributed by atoms with Crippen molar-refractivity contribution in [2.75, 3.05) is 26.2 Å². The molecule has 23 heavy (non-hydrogen) atoms. The van der Waals surface area contributed by atoms with E-state index >= 15 is 0 Å². The van der Waals surface area contributed by atoms with Gasteiger partial charge in [0.2, 0.25) is 0 Å². The van der Waals surface area contributed by atoms with Gasteiger partial charge in [-0.05, 0) is 17.7 Å².